The normalized spacial score (nSPS) is 11.7. The highest BCUT2D eigenvalue weighted by Crippen LogP contribution is 1.91. The monoisotopic (exact) mass is 219 g/mol. The molecule has 0 saturated carbocycles. The van der Waals surface area contributed by atoms with E-state index in [4.69, 9.17) is 9.84 Å². The number of aliphatic hydroxyl groups is 1. The van der Waals surface area contributed by atoms with Crippen molar-refractivity contribution >= 4 is 12.1 Å². The van der Waals surface area contributed by atoms with Crippen LogP contribution in [0.1, 0.15) is 19.8 Å². The van der Waals surface area contributed by atoms with Crippen molar-refractivity contribution in [2.24, 2.45) is 0 Å². The number of hydrogen-bond acceptors (Lipinski definition) is 5. The zero-order valence-corrected chi connectivity index (χ0v) is 8.99. The first-order valence-corrected chi connectivity index (χ1v) is 4.77. The Hall–Kier alpha value is -1.30. The molecule has 0 spiro atoms. The molecule has 0 aliphatic rings. The van der Waals surface area contributed by atoms with Crippen LogP contribution in [0.15, 0.2) is 0 Å². The van der Waals surface area contributed by atoms with Gasteiger partial charge in [0.1, 0.15) is 0 Å². The number of rotatable bonds is 6. The Morgan fingerprint density at radius 3 is 2.60 bits per heavy atom. The minimum absolute atomic E-state index is 0.293. The lowest BCUT2D eigenvalue weighted by Gasteiger charge is -2.13. The van der Waals surface area contributed by atoms with Gasteiger partial charge in [0.25, 0.3) is 0 Å². The van der Waals surface area contributed by atoms with Crippen LogP contribution in [-0.4, -0.2) is 43.5 Å². The van der Waals surface area contributed by atoms with Gasteiger partial charge in [-0.1, -0.05) is 13.3 Å². The van der Waals surface area contributed by atoms with Gasteiger partial charge in [-0.05, 0) is 6.42 Å². The molecule has 6 nitrogen and oxygen atoms in total. The maximum Gasteiger partial charge on any atom is 0.407 e. The van der Waals surface area contributed by atoms with Crippen molar-refractivity contribution in [2.75, 3.05) is 20.3 Å². The summed E-state index contributed by atoms with van der Waals surface area (Å²) in [5, 5.41) is 11.0. The topological polar surface area (TPSA) is 84.9 Å². The Morgan fingerprint density at radius 1 is 1.47 bits per heavy atom. The molecular weight excluding hydrogens is 202 g/mol. The average molecular weight is 219 g/mol. The van der Waals surface area contributed by atoms with Crippen molar-refractivity contribution in [3.63, 3.8) is 0 Å². The number of aliphatic hydroxyl groups excluding tert-OH is 1. The van der Waals surface area contributed by atoms with E-state index in [0.717, 1.165) is 12.8 Å². The number of carbonyl (C=O) groups is 2. The number of nitrogens with one attached hydrogen (secondary N) is 1. The molecule has 0 aromatic heterocycles. The van der Waals surface area contributed by atoms with E-state index in [9.17, 15) is 9.59 Å². The number of carbonyl (C=O) groups excluding carboxylic acids is 2. The molecule has 0 aliphatic heterocycles. The summed E-state index contributed by atoms with van der Waals surface area (Å²) in [5.74, 6) is -0.704. The Balaban J connectivity index is 3.85. The molecule has 0 aromatic carbocycles. The van der Waals surface area contributed by atoms with Crippen LogP contribution in [0.2, 0.25) is 0 Å². The zero-order valence-electron chi connectivity index (χ0n) is 8.99. The molecule has 1 atom stereocenters. The minimum atomic E-state index is -1.07. The third-order valence-corrected chi connectivity index (χ3v) is 1.69. The standard InChI is InChI=1S/C9H17NO5/c1-3-4-5-15-9(13)10-7(6-11)8(12)14-2/h7,11H,3-6H2,1-2H3,(H,10,13). The summed E-state index contributed by atoms with van der Waals surface area (Å²) in [5.41, 5.74) is 0. The van der Waals surface area contributed by atoms with Crippen LogP contribution < -0.4 is 5.32 Å². The van der Waals surface area contributed by atoms with E-state index in [2.05, 4.69) is 10.1 Å². The van der Waals surface area contributed by atoms with Crippen LogP contribution in [0, 0.1) is 0 Å². The fourth-order valence-electron chi connectivity index (χ4n) is 0.814. The summed E-state index contributed by atoms with van der Waals surface area (Å²) >= 11 is 0. The molecular formula is C9H17NO5. The van der Waals surface area contributed by atoms with E-state index in [1.54, 1.807) is 0 Å². The van der Waals surface area contributed by atoms with Crippen LogP contribution in [0.25, 0.3) is 0 Å². The van der Waals surface area contributed by atoms with Gasteiger partial charge in [-0.25, -0.2) is 9.59 Å². The number of hydrogen-bond donors (Lipinski definition) is 2. The molecule has 15 heavy (non-hydrogen) atoms. The van der Waals surface area contributed by atoms with Gasteiger partial charge in [0, 0.05) is 0 Å². The fraction of sp³-hybridized carbons (Fsp3) is 0.778. The molecule has 1 unspecified atom stereocenters. The predicted molar refractivity (Wildman–Crippen MR) is 52.3 cm³/mol. The van der Waals surface area contributed by atoms with E-state index >= 15 is 0 Å². The summed E-state index contributed by atoms with van der Waals surface area (Å²) < 4.78 is 9.10. The Labute approximate surface area is 88.6 Å². The average Bonchev–Trinajstić information content (AvgIpc) is 2.25. The highest BCUT2D eigenvalue weighted by molar-refractivity contribution is 5.81. The lowest BCUT2D eigenvalue weighted by Crippen LogP contribution is -2.44. The van der Waals surface area contributed by atoms with Crippen molar-refractivity contribution in [1.82, 2.24) is 5.32 Å². The quantitative estimate of drug-likeness (QED) is 0.487. The lowest BCUT2D eigenvalue weighted by atomic mass is 10.3. The van der Waals surface area contributed by atoms with E-state index in [1.807, 2.05) is 6.92 Å². The number of alkyl carbamates (subject to hydrolysis) is 1. The molecule has 6 heteroatoms. The van der Waals surface area contributed by atoms with Crippen LogP contribution in [-0.2, 0) is 14.3 Å². The van der Waals surface area contributed by atoms with Crippen molar-refractivity contribution in [1.29, 1.82) is 0 Å². The van der Waals surface area contributed by atoms with Crippen LogP contribution >= 0.6 is 0 Å². The second kappa shape index (κ2) is 8.05. The molecule has 0 aromatic rings. The highest BCUT2D eigenvalue weighted by Gasteiger charge is 2.20. The molecule has 1 amide bonds. The predicted octanol–water partition coefficient (Wildman–Crippen LogP) is 0.0466. The van der Waals surface area contributed by atoms with Gasteiger partial charge in [-0.2, -0.15) is 0 Å². The Morgan fingerprint density at radius 2 is 2.13 bits per heavy atom. The molecule has 0 saturated heterocycles. The van der Waals surface area contributed by atoms with Gasteiger partial charge in [-0.3, -0.25) is 0 Å². The Bertz CT molecular complexity index is 207. The van der Waals surface area contributed by atoms with Crippen molar-refractivity contribution in [3.8, 4) is 0 Å². The van der Waals surface area contributed by atoms with Gasteiger partial charge >= 0.3 is 12.1 Å². The number of ether oxygens (including phenoxy) is 2. The number of methoxy groups -OCH3 is 1. The maximum atomic E-state index is 11.1. The lowest BCUT2D eigenvalue weighted by molar-refractivity contribution is -0.144. The van der Waals surface area contributed by atoms with Crippen LogP contribution in [0.4, 0.5) is 4.79 Å². The van der Waals surface area contributed by atoms with E-state index < -0.39 is 24.7 Å². The second-order valence-corrected chi connectivity index (χ2v) is 2.89. The first-order chi connectivity index (χ1) is 7.15. The van der Waals surface area contributed by atoms with Crippen molar-refractivity contribution in [2.45, 2.75) is 25.8 Å². The van der Waals surface area contributed by atoms with E-state index in [1.165, 1.54) is 7.11 Å². The third-order valence-electron chi connectivity index (χ3n) is 1.69. The number of unbranched alkanes of at least 4 members (excludes halogenated alkanes) is 1. The first-order valence-electron chi connectivity index (χ1n) is 4.77. The molecule has 0 heterocycles. The Kier molecular flexibility index (Phi) is 7.35. The number of amides is 1. The highest BCUT2D eigenvalue weighted by atomic mass is 16.6. The molecule has 0 radical (unpaired) electrons. The number of esters is 1. The third kappa shape index (κ3) is 5.90. The van der Waals surface area contributed by atoms with E-state index in [-0.39, 0.29) is 0 Å². The van der Waals surface area contributed by atoms with Gasteiger partial charge in [0.15, 0.2) is 6.04 Å². The smallest absolute Gasteiger partial charge is 0.407 e. The van der Waals surface area contributed by atoms with Crippen molar-refractivity contribution < 1.29 is 24.2 Å². The molecule has 0 fully saturated rings. The summed E-state index contributed by atoms with van der Waals surface area (Å²) in [7, 11) is 1.18. The van der Waals surface area contributed by atoms with Gasteiger partial charge in [0.05, 0.1) is 20.3 Å². The SMILES string of the molecule is CCCCOC(=O)NC(CO)C(=O)OC. The second-order valence-electron chi connectivity index (χ2n) is 2.89. The minimum Gasteiger partial charge on any atom is -0.467 e. The van der Waals surface area contributed by atoms with Crippen molar-refractivity contribution in [3.05, 3.63) is 0 Å². The van der Waals surface area contributed by atoms with Crippen LogP contribution in [0.3, 0.4) is 0 Å². The van der Waals surface area contributed by atoms with Gasteiger partial charge in [-0.15, -0.1) is 0 Å². The molecule has 0 aliphatic carbocycles. The molecule has 0 rings (SSSR count). The zero-order chi connectivity index (χ0) is 11.7. The maximum absolute atomic E-state index is 11.1. The van der Waals surface area contributed by atoms with E-state index in [0.29, 0.717) is 6.61 Å². The first kappa shape index (κ1) is 13.7. The largest absolute Gasteiger partial charge is 0.467 e. The summed E-state index contributed by atoms with van der Waals surface area (Å²) in [4.78, 5) is 22.0. The molecule has 2 N–H and O–H groups in total. The molecule has 88 valence electrons. The van der Waals surface area contributed by atoms with Gasteiger partial charge < -0.3 is 19.9 Å². The molecule has 0 bridgehead atoms. The fourth-order valence-corrected chi connectivity index (χ4v) is 0.814. The van der Waals surface area contributed by atoms with Crippen LogP contribution in [0.5, 0.6) is 0 Å². The summed E-state index contributed by atoms with van der Waals surface area (Å²) in [6, 6.07) is -1.07. The summed E-state index contributed by atoms with van der Waals surface area (Å²) in [6.45, 7) is 1.74. The van der Waals surface area contributed by atoms with Gasteiger partial charge in [0.2, 0.25) is 0 Å². The summed E-state index contributed by atoms with van der Waals surface area (Å²) in [6.07, 6.45) is 0.941.